The lowest BCUT2D eigenvalue weighted by molar-refractivity contribution is -0.132. The molecule has 0 aliphatic carbocycles. The van der Waals surface area contributed by atoms with Gasteiger partial charge in [0.25, 0.3) is 11.7 Å². The minimum Gasteiger partial charge on any atom is -0.507 e. The molecule has 1 heterocycles. The number of aliphatic hydroxyl groups is 1. The number of aliphatic hydroxyl groups excluding tert-OH is 1. The molecule has 1 atom stereocenters. The number of anilines is 1. The van der Waals surface area contributed by atoms with E-state index in [9.17, 15) is 19.8 Å². The number of phenols is 1. The first-order valence-electron chi connectivity index (χ1n) is 10.7. The minimum atomic E-state index is -1.13. The van der Waals surface area contributed by atoms with Gasteiger partial charge in [-0.05, 0) is 48.0 Å². The molecule has 0 bridgehead atoms. The Kier molecular flexibility index (Phi) is 7.45. The van der Waals surface area contributed by atoms with Gasteiger partial charge < -0.3 is 24.4 Å². The van der Waals surface area contributed by atoms with Crippen molar-refractivity contribution < 1.29 is 34.0 Å². The molecule has 4 rings (SSSR count). The molecule has 0 saturated carbocycles. The number of carbonyl (C=O) groups is 2. The molecule has 11 heteroatoms. The van der Waals surface area contributed by atoms with Crippen LogP contribution in [-0.2, 0) is 9.59 Å². The van der Waals surface area contributed by atoms with E-state index in [1.807, 2.05) is 0 Å². The maximum Gasteiger partial charge on any atom is 0.300 e. The van der Waals surface area contributed by atoms with Crippen LogP contribution >= 0.6 is 34.8 Å². The predicted molar refractivity (Wildman–Crippen MR) is 140 cm³/mol. The zero-order chi connectivity index (χ0) is 27.0. The van der Waals surface area contributed by atoms with Gasteiger partial charge in [-0.2, -0.15) is 0 Å². The number of nitrogens with zero attached hydrogens (tertiary/aromatic N) is 1. The lowest BCUT2D eigenvalue weighted by Gasteiger charge is -2.26. The van der Waals surface area contributed by atoms with Crippen molar-refractivity contribution in [2.24, 2.45) is 0 Å². The quantitative estimate of drug-likeness (QED) is 0.215. The van der Waals surface area contributed by atoms with Gasteiger partial charge in [0.2, 0.25) is 0 Å². The van der Waals surface area contributed by atoms with Crippen LogP contribution in [0.5, 0.6) is 23.0 Å². The van der Waals surface area contributed by atoms with E-state index in [0.717, 1.165) is 0 Å². The van der Waals surface area contributed by atoms with Crippen molar-refractivity contribution in [3.05, 3.63) is 80.3 Å². The summed E-state index contributed by atoms with van der Waals surface area (Å²) in [5, 5.41) is 21.4. The number of hydrogen-bond donors (Lipinski definition) is 2. The van der Waals surface area contributed by atoms with Crippen LogP contribution < -0.4 is 19.1 Å². The molecule has 1 unspecified atom stereocenters. The second-order valence-electron chi connectivity index (χ2n) is 7.86. The number of rotatable bonds is 6. The fraction of sp³-hybridized carbons (Fsp3) is 0.154. The SMILES string of the molecule is COc1ccc(N2C(=O)C(=O)/C(=C(/O)c3cc(Cl)c(OC)c(Cl)c3OC)C2c2ccc(O)c(Cl)c2)cc1. The average Bonchev–Trinajstić information content (AvgIpc) is 3.15. The summed E-state index contributed by atoms with van der Waals surface area (Å²) in [6.07, 6.45) is 0. The summed E-state index contributed by atoms with van der Waals surface area (Å²) in [5.41, 5.74) is 0.414. The third kappa shape index (κ3) is 4.52. The third-order valence-corrected chi connectivity index (χ3v) is 6.80. The Hall–Kier alpha value is -3.59. The number of phenolic OH excluding ortho intramolecular Hbond substituents is 1. The van der Waals surface area contributed by atoms with Crippen molar-refractivity contribution in [2.45, 2.75) is 6.04 Å². The number of benzene rings is 3. The smallest absolute Gasteiger partial charge is 0.300 e. The maximum atomic E-state index is 13.4. The molecule has 3 aromatic carbocycles. The number of methoxy groups -OCH3 is 3. The standard InChI is InChI=1S/C26H20Cl3NO7/c1-35-14-7-5-13(6-8-14)30-21(12-4-9-18(31)16(27)10-12)19(23(33)26(30)34)22(32)15-11-17(28)25(37-3)20(29)24(15)36-2/h4-11,21,31-32H,1-3H3/b22-19+. The van der Waals surface area contributed by atoms with Gasteiger partial charge in [0, 0.05) is 5.69 Å². The van der Waals surface area contributed by atoms with E-state index >= 15 is 0 Å². The second kappa shape index (κ2) is 10.4. The molecule has 0 spiro atoms. The average molecular weight is 565 g/mol. The number of aromatic hydroxyl groups is 1. The Bertz CT molecular complexity index is 1440. The van der Waals surface area contributed by atoms with Crippen LogP contribution in [0.4, 0.5) is 5.69 Å². The van der Waals surface area contributed by atoms with Crippen molar-refractivity contribution in [1.82, 2.24) is 0 Å². The fourth-order valence-corrected chi connectivity index (χ4v) is 5.02. The summed E-state index contributed by atoms with van der Waals surface area (Å²) >= 11 is 18.9. The van der Waals surface area contributed by atoms with Gasteiger partial charge in [-0.3, -0.25) is 14.5 Å². The van der Waals surface area contributed by atoms with Crippen LogP contribution in [-0.4, -0.2) is 43.2 Å². The maximum absolute atomic E-state index is 13.4. The number of ketones is 1. The summed E-state index contributed by atoms with van der Waals surface area (Å²) in [6, 6.07) is 10.9. The molecule has 1 amide bonds. The Morgan fingerprint density at radius 2 is 1.51 bits per heavy atom. The summed E-state index contributed by atoms with van der Waals surface area (Å²) in [4.78, 5) is 28.0. The number of Topliss-reactive ketones (excluding diaryl/α,β-unsaturated/α-hetero) is 1. The highest BCUT2D eigenvalue weighted by Gasteiger charge is 2.47. The van der Waals surface area contributed by atoms with E-state index in [0.29, 0.717) is 17.0 Å². The van der Waals surface area contributed by atoms with Crippen molar-refractivity contribution in [2.75, 3.05) is 26.2 Å². The molecule has 2 N–H and O–H groups in total. The van der Waals surface area contributed by atoms with Crippen LogP contribution in [0.3, 0.4) is 0 Å². The zero-order valence-corrected chi connectivity index (χ0v) is 22.0. The minimum absolute atomic E-state index is 0.00839. The van der Waals surface area contributed by atoms with Gasteiger partial charge in [-0.25, -0.2) is 0 Å². The number of carbonyl (C=O) groups excluding carboxylic acids is 2. The summed E-state index contributed by atoms with van der Waals surface area (Å²) in [5.74, 6) is -2.00. The molecule has 192 valence electrons. The molecule has 1 saturated heterocycles. The Morgan fingerprint density at radius 3 is 2.08 bits per heavy atom. The lowest BCUT2D eigenvalue weighted by atomic mass is 9.94. The number of halogens is 3. The monoisotopic (exact) mass is 563 g/mol. The number of hydrogen-bond acceptors (Lipinski definition) is 7. The molecule has 1 aliphatic rings. The molecule has 1 fully saturated rings. The zero-order valence-electron chi connectivity index (χ0n) is 19.7. The van der Waals surface area contributed by atoms with Crippen molar-refractivity contribution in [3.8, 4) is 23.0 Å². The fourth-order valence-electron chi connectivity index (χ4n) is 4.14. The molecule has 1 aliphatic heterocycles. The lowest BCUT2D eigenvalue weighted by Crippen LogP contribution is -2.29. The normalized spacial score (nSPS) is 16.7. The van der Waals surface area contributed by atoms with Crippen molar-refractivity contribution in [3.63, 3.8) is 0 Å². The topological polar surface area (TPSA) is 106 Å². The van der Waals surface area contributed by atoms with Crippen LogP contribution in [0, 0.1) is 0 Å². The summed E-state index contributed by atoms with van der Waals surface area (Å²) < 4.78 is 15.8. The Balaban J connectivity index is 2.01. The number of amides is 1. The van der Waals surface area contributed by atoms with Crippen molar-refractivity contribution >= 4 is 57.9 Å². The highest BCUT2D eigenvalue weighted by Crippen LogP contribution is 2.48. The molecule has 8 nitrogen and oxygen atoms in total. The molecular weight excluding hydrogens is 545 g/mol. The molecular formula is C26H20Cl3NO7. The first-order chi connectivity index (χ1) is 17.6. The van der Waals surface area contributed by atoms with Gasteiger partial charge in [0.1, 0.15) is 22.3 Å². The summed E-state index contributed by atoms with van der Waals surface area (Å²) in [7, 11) is 4.18. The summed E-state index contributed by atoms with van der Waals surface area (Å²) in [6.45, 7) is 0. The van der Waals surface area contributed by atoms with Gasteiger partial charge in [0.15, 0.2) is 11.5 Å². The third-order valence-electron chi connectivity index (χ3n) is 5.88. The van der Waals surface area contributed by atoms with E-state index in [2.05, 4.69) is 0 Å². The van der Waals surface area contributed by atoms with Crippen molar-refractivity contribution in [1.29, 1.82) is 0 Å². The molecule has 0 aromatic heterocycles. The van der Waals surface area contributed by atoms with Crippen LogP contribution in [0.15, 0.2) is 54.1 Å². The number of ether oxygens (including phenoxy) is 3. The van der Waals surface area contributed by atoms with Gasteiger partial charge >= 0.3 is 0 Å². The molecule has 0 radical (unpaired) electrons. The van der Waals surface area contributed by atoms with E-state index in [4.69, 9.17) is 49.0 Å². The highest BCUT2D eigenvalue weighted by molar-refractivity contribution is 6.52. The second-order valence-corrected chi connectivity index (χ2v) is 9.06. The predicted octanol–water partition coefficient (Wildman–Crippen LogP) is 6.00. The largest absolute Gasteiger partial charge is 0.507 e. The Labute approximate surface area is 227 Å². The highest BCUT2D eigenvalue weighted by atomic mass is 35.5. The first kappa shape index (κ1) is 26.5. The van der Waals surface area contributed by atoms with Crippen LogP contribution in [0.1, 0.15) is 17.2 Å². The molecule has 3 aromatic rings. The van der Waals surface area contributed by atoms with Crippen LogP contribution in [0.2, 0.25) is 15.1 Å². The first-order valence-corrected chi connectivity index (χ1v) is 11.8. The van der Waals surface area contributed by atoms with Crippen LogP contribution in [0.25, 0.3) is 5.76 Å². The van der Waals surface area contributed by atoms with E-state index in [1.54, 1.807) is 24.3 Å². The van der Waals surface area contributed by atoms with E-state index < -0.39 is 23.5 Å². The van der Waals surface area contributed by atoms with Gasteiger partial charge in [-0.1, -0.05) is 40.9 Å². The van der Waals surface area contributed by atoms with E-state index in [-0.39, 0.29) is 43.5 Å². The van der Waals surface area contributed by atoms with Gasteiger partial charge in [0.05, 0.1) is 48.6 Å². The van der Waals surface area contributed by atoms with E-state index in [1.165, 1.54) is 50.5 Å². The Morgan fingerprint density at radius 1 is 0.865 bits per heavy atom. The molecule has 37 heavy (non-hydrogen) atoms. The van der Waals surface area contributed by atoms with Gasteiger partial charge in [-0.15, -0.1) is 0 Å².